The number of aromatic nitrogens is 2. The lowest BCUT2D eigenvalue weighted by molar-refractivity contribution is -0.384. The minimum Gasteiger partial charge on any atom is -0.283 e. The highest BCUT2D eigenvalue weighted by atomic mass is 32.2. The molecule has 6 nitrogen and oxygen atoms in total. The molecule has 0 bridgehead atoms. The summed E-state index contributed by atoms with van der Waals surface area (Å²) >= 11 is 3.06. The van der Waals surface area contributed by atoms with Gasteiger partial charge in [-0.05, 0) is 37.3 Å². The third-order valence-electron chi connectivity index (χ3n) is 4.93. The maximum absolute atomic E-state index is 13.2. The smallest absolute Gasteiger partial charge is 0.269 e. The second kappa shape index (κ2) is 7.52. The quantitative estimate of drug-likeness (QED) is 0.189. The van der Waals surface area contributed by atoms with Gasteiger partial charge in [-0.25, -0.2) is 4.98 Å². The molecular weight excluding hydrogens is 394 g/mol. The van der Waals surface area contributed by atoms with Crippen molar-refractivity contribution in [2.45, 2.75) is 43.1 Å². The van der Waals surface area contributed by atoms with Crippen LogP contribution in [0.3, 0.4) is 0 Å². The second-order valence-electron chi connectivity index (χ2n) is 6.75. The molecule has 4 rings (SSSR count). The van der Waals surface area contributed by atoms with Crippen molar-refractivity contribution in [3.63, 3.8) is 0 Å². The van der Waals surface area contributed by atoms with Gasteiger partial charge in [0, 0.05) is 28.8 Å². The van der Waals surface area contributed by atoms with E-state index in [0.29, 0.717) is 11.7 Å². The van der Waals surface area contributed by atoms with E-state index in [1.54, 1.807) is 34.1 Å². The molecule has 28 heavy (non-hydrogen) atoms. The van der Waals surface area contributed by atoms with Crippen LogP contribution in [-0.2, 0) is 19.4 Å². The zero-order valence-corrected chi connectivity index (χ0v) is 17.0. The molecule has 8 heteroatoms. The molecule has 2 aromatic heterocycles. The topological polar surface area (TPSA) is 78.0 Å². The lowest BCUT2D eigenvalue weighted by atomic mass is 10.1. The van der Waals surface area contributed by atoms with Gasteiger partial charge in [-0.3, -0.25) is 19.5 Å². The number of thioether (sulfide) groups is 1. The number of nitrogens with zero attached hydrogens (tertiary/aromatic N) is 3. The van der Waals surface area contributed by atoms with Crippen LogP contribution in [0.25, 0.3) is 10.2 Å². The normalized spacial score (nSPS) is 14.2. The first-order valence-corrected chi connectivity index (χ1v) is 10.8. The van der Waals surface area contributed by atoms with Crippen molar-refractivity contribution in [3.8, 4) is 0 Å². The Bertz CT molecular complexity index is 1150. The SMILES string of the molecule is C=CCn1c(S[C@H](C)c2cccc([N+](=O)[O-])c2)nc2sc3c(c2c1=O)CCC3. The fraction of sp³-hybridized carbons (Fsp3) is 0.300. The molecule has 0 spiro atoms. The number of non-ortho nitro benzene ring substituents is 1. The van der Waals surface area contributed by atoms with Crippen LogP contribution in [0.4, 0.5) is 5.69 Å². The molecular formula is C20H19N3O3S2. The predicted octanol–water partition coefficient (Wildman–Crippen LogP) is 4.89. The highest BCUT2D eigenvalue weighted by molar-refractivity contribution is 7.99. The lowest BCUT2D eigenvalue weighted by Gasteiger charge is -2.15. The predicted molar refractivity (Wildman–Crippen MR) is 113 cm³/mol. The molecule has 3 aromatic rings. The molecule has 0 amide bonds. The van der Waals surface area contributed by atoms with E-state index in [4.69, 9.17) is 4.98 Å². The number of aryl methyl sites for hydroxylation is 2. The number of rotatable bonds is 6. The fourth-order valence-corrected chi connectivity index (χ4v) is 5.89. The first kappa shape index (κ1) is 18.9. The zero-order chi connectivity index (χ0) is 19.8. The van der Waals surface area contributed by atoms with E-state index in [1.165, 1.54) is 28.3 Å². The van der Waals surface area contributed by atoms with Gasteiger partial charge in [-0.15, -0.1) is 17.9 Å². The second-order valence-corrected chi connectivity index (χ2v) is 9.14. The lowest BCUT2D eigenvalue weighted by Crippen LogP contribution is -2.23. The number of hydrogen-bond donors (Lipinski definition) is 0. The molecule has 0 saturated carbocycles. The van der Waals surface area contributed by atoms with Gasteiger partial charge in [0.15, 0.2) is 5.16 Å². The summed E-state index contributed by atoms with van der Waals surface area (Å²) in [7, 11) is 0. The van der Waals surface area contributed by atoms with Gasteiger partial charge < -0.3 is 0 Å². The van der Waals surface area contributed by atoms with Gasteiger partial charge in [0.1, 0.15) is 4.83 Å². The maximum atomic E-state index is 13.2. The van der Waals surface area contributed by atoms with Gasteiger partial charge in [-0.1, -0.05) is 30.0 Å². The Labute approximate surface area is 170 Å². The van der Waals surface area contributed by atoms with Gasteiger partial charge in [0.25, 0.3) is 11.2 Å². The molecule has 0 radical (unpaired) electrons. The van der Waals surface area contributed by atoms with Crippen LogP contribution in [-0.4, -0.2) is 14.5 Å². The van der Waals surface area contributed by atoms with Gasteiger partial charge in [-0.2, -0.15) is 0 Å². The third-order valence-corrected chi connectivity index (χ3v) is 7.27. The third kappa shape index (κ3) is 3.27. The van der Waals surface area contributed by atoms with Crippen molar-refractivity contribution in [2.75, 3.05) is 0 Å². The standard InChI is InChI=1S/C20H19N3O3S2/c1-3-10-22-19(24)17-15-8-5-9-16(15)28-18(17)21-20(22)27-12(2)13-6-4-7-14(11-13)23(25)26/h3-4,6-7,11-12H,1,5,8-10H2,2H3/t12-/m1/s1. The average molecular weight is 414 g/mol. The van der Waals surface area contributed by atoms with Crippen LogP contribution in [0.15, 0.2) is 46.9 Å². The van der Waals surface area contributed by atoms with Crippen LogP contribution in [0, 0.1) is 10.1 Å². The summed E-state index contributed by atoms with van der Waals surface area (Å²) < 4.78 is 1.67. The molecule has 0 saturated heterocycles. The Hall–Kier alpha value is -2.45. The fourth-order valence-electron chi connectivity index (χ4n) is 3.56. The Balaban J connectivity index is 1.76. The van der Waals surface area contributed by atoms with E-state index in [0.717, 1.165) is 35.0 Å². The maximum Gasteiger partial charge on any atom is 0.269 e. The highest BCUT2D eigenvalue weighted by Gasteiger charge is 2.24. The van der Waals surface area contributed by atoms with E-state index < -0.39 is 4.92 Å². The zero-order valence-electron chi connectivity index (χ0n) is 15.4. The molecule has 0 aliphatic heterocycles. The van der Waals surface area contributed by atoms with Crippen molar-refractivity contribution < 1.29 is 4.92 Å². The summed E-state index contributed by atoms with van der Waals surface area (Å²) in [4.78, 5) is 30.7. The van der Waals surface area contributed by atoms with Crippen molar-refractivity contribution in [1.29, 1.82) is 0 Å². The molecule has 0 unspecified atom stereocenters. The van der Waals surface area contributed by atoms with Crippen molar-refractivity contribution in [1.82, 2.24) is 9.55 Å². The monoisotopic (exact) mass is 413 g/mol. The minimum atomic E-state index is -0.397. The largest absolute Gasteiger partial charge is 0.283 e. The molecule has 2 heterocycles. The van der Waals surface area contributed by atoms with E-state index in [-0.39, 0.29) is 16.5 Å². The summed E-state index contributed by atoms with van der Waals surface area (Å²) in [5.41, 5.74) is 2.04. The molecule has 0 N–H and O–H groups in total. The number of hydrogen-bond acceptors (Lipinski definition) is 6. The minimum absolute atomic E-state index is 0.0157. The summed E-state index contributed by atoms with van der Waals surface area (Å²) in [6.45, 7) is 6.13. The van der Waals surface area contributed by atoms with E-state index >= 15 is 0 Å². The van der Waals surface area contributed by atoms with Crippen molar-refractivity contribution in [3.05, 3.63) is 73.4 Å². The van der Waals surface area contributed by atoms with Crippen LogP contribution in [0.5, 0.6) is 0 Å². The van der Waals surface area contributed by atoms with Crippen LogP contribution < -0.4 is 5.56 Å². The number of nitro groups is 1. The van der Waals surface area contributed by atoms with E-state index in [1.807, 2.05) is 13.0 Å². The van der Waals surface area contributed by atoms with Crippen molar-refractivity contribution in [2.24, 2.45) is 0 Å². The van der Waals surface area contributed by atoms with Crippen LogP contribution in [0.1, 0.15) is 34.6 Å². The summed E-state index contributed by atoms with van der Waals surface area (Å²) in [6.07, 6.45) is 4.75. The molecule has 1 aromatic carbocycles. The molecule has 1 aliphatic carbocycles. The molecule has 1 aliphatic rings. The average Bonchev–Trinajstić information content (AvgIpc) is 3.25. The Kier molecular flexibility index (Phi) is 5.07. The first-order chi connectivity index (χ1) is 13.5. The number of fused-ring (bicyclic) bond motifs is 3. The van der Waals surface area contributed by atoms with Crippen molar-refractivity contribution >= 4 is 39.0 Å². The van der Waals surface area contributed by atoms with Gasteiger partial charge in [0.05, 0.1) is 10.3 Å². The Morgan fingerprint density at radius 2 is 2.29 bits per heavy atom. The Morgan fingerprint density at radius 1 is 1.46 bits per heavy atom. The van der Waals surface area contributed by atoms with Gasteiger partial charge in [0.2, 0.25) is 0 Å². The number of benzene rings is 1. The van der Waals surface area contributed by atoms with E-state index in [2.05, 4.69) is 6.58 Å². The van der Waals surface area contributed by atoms with E-state index in [9.17, 15) is 14.9 Å². The van der Waals surface area contributed by atoms with Crippen LogP contribution >= 0.6 is 23.1 Å². The van der Waals surface area contributed by atoms with Gasteiger partial charge >= 0.3 is 0 Å². The number of thiophene rings is 1. The number of allylic oxidation sites excluding steroid dienone is 1. The summed E-state index contributed by atoms with van der Waals surface area (Å²) in [6, 6.07) is 6.60. The summed E-state index contributed by atoms with van der Waals surface area (Å²) in [5, 5.41) is 12.4. The first-order valence-electron chi connectivity index (χ1n) is 9.06. The summed E-state index contributed by atoms with van der Waals surface area (Å²) in [5.74, 6) is 0. The van der Waals surface area contributed by atoms with Crippen LogP contribution in [0.2, 0.25) is 0 Å². The Morgan fingerprint density at radius 3 is 3.04 bits per heavy atom. The molecule has 1 atom stereocenters. The highest BCUT2D eigenvalue weighted by Crippen LogP contribution is 2.38. The molecule has 0 fully saturated rings. The molecule has 144 valence electrons. The number of nitro benzene ring substituents is 1.